The van der Waals surface area contributed by atoms with Crippen molar-refractivity contribution >= 4 is 22.8 Å². The molecule has 1 aromatic rings. The zero-order valence-corrected chi connectivity index (χ0v) is 14.1. The van der Waals surface area contributed by atoms with E-state index in [1.54, 1.807) is 11.3 Å². The minimum absolute atomic E-state index is 0.0707. The SMILES string of the molecule is CCC1(C)CCN(c2nc(C(C)(C)C)c(C=O)s2)CC1. The van der Waals surface area contributed by atoms with E-state index in [1.165, 1.54) is 19.3 Å². The molecule has 3 nitrogen and oxygen atoms in total. The van der Waals surface area contributed by atoms with Crippen molar-refractivity contribution in [2.45, 2.75) is 59.3 Å². The van der Waals surface area contributed by atoms with E-state index in [-0.39, 0.29) is 5.41 Å². The van der Waals surface area contributed by atoms with Gasteiger partial charge in [0.1, 0.15) is 0 Å². The van der Waals surface area contributed by atoms with Crippen LogP contribution < -0.4 is 4.90 Å². The number of thiazole rings is 1. The van der Waals surface area contributed by atoms with Gasteiger partial charge in [-0.1, -0.05) is 52.4 Å². The number of piperidine rings is 1. The first-order valence-corrected chi connectivity index (χ1v) is 8.32. The number of carbonyl (C=O) groups is 1. The maximum absolute atomic E-state index is 11.3. The van der Waals surface area contributed by atoms with Crippen molar-refractivity contribution in [3.8, 4) is 0 Å². The summed E-state index contributed by atoms with van der Waals surface area (Å²) in [6.07, 6.45) is 4.63. The second-order valence-corrected chi connectivity index (χ2v) is 8.24. The Balaban J connectivity index is 2.19. The maximum atomic E-state index is 11.3. The van der Waals surface area contributed by atoms with Crippen LogP contribution in [0, 0.1) is 5.41 Å². The van der Waals surface area contributed by atoms with Gasteiger partial charge in [0.15, 0.2) is 11.4 Å². The molecule has 2 heterocycles. The van der Waals surface area contributed by atoms with Gasteiger partial charge in [-0.05, 0) is 18.3 Å². The third-order valence-corrected chi connectivity index (χ3v) is 5.60. The highest BCUT2D eigenvalue weighted by Gasteiger charge is 2.31. The number of nitrogens with zero attached hydrogens (tertiary/aromatic N) is 2. The molecule has 0 aromatic carbocycles. The summed E-state index contributed by atoms with van der Waals surface area (Å²) in [5.41, 5.74) is 1.35. The fourth-order valence-corrected chi connectivity index (χ4v) is 3.81. The number of hydrogen-bond acceptors (Lipinski definition) is 4. The monoisotopic (exact) mass is 294 g/mol. The van der Waals surface area contributed by atoms with Gasteiger partial charge in [-0.25, -0.2) is 4.98 Å². The van der Waals surface area contributed by atoms with E-state index in [9.17, 15) is 4.79 Å². The Hall–Kier alpha value is -0.900. The van der Waals surface area contributed by atoms with Gasteiger partial charge in [-0.3, -0.25) is 4.79 Å². The summed E-state index contributed by atoms with van der Waals surface area (Å²) in [5, 5.41) is 1.02. The summed E-state index contributed by atoms with van der Waals surface area (Å²) >= 11 is 1.55. The molecule has 1 saturated heterocycles. The van der Waals surface area contributed by atoms with Crippen LogP contribution in [0.5, 0.6) is 0 Å². The van der Waals surface area contributed by atoms with E-state index in [4.69, 9.17) is 4.98 Å². The average Bonchev–Trinajstić information content (AvgIpc) is 2.84. The number of carbonyl (C=O) groups excluding carboxylic acids is 1. The van der Waals surface area contributed by atoms with Crippen LogP contribution in [0.15, 0.2) is 0 Å². The molecule has 0 saturated carbocycles. The Morgan fingerprint density at radius 2 is 1.95 bits per heavy atom. The van der Waals surface area contributed by atoms with Gasteiger partial charge < -0.3 is 4.90 Å². The number of hydrogen-bond donors (Lipinski definition) is 0. The molecule has 1 aliphatic heterocycles. The van der Waals surface area contributed by atoms with E-state index in [2.05, 4.69) is 39.5 Å². The summed E-state index contributed by atoms with van der Waals surface area (Å²) in [7, 11) is 0. The highest BCUT2D eigenvalue weighted by Crippen LogP contribution is 2.38. The van der Waals surface area contributed by atoms with Gasteiger partial charge >= 0.3 is 0 Å². The van der Waals surface area contributed by atoms with Crippen LogP contribution in [0.25, 0.3) is 0 Å². The number of rotatable bonds is 3. The highest BCUT2D eigenvalue weighted by molar-refractivity contribution is 7.17. The molecular weight excluding hydrogens is 268 g/mol. The number of aldehydes is 1. The Morgan fingerprint density at radius 1 is 1.35 bits per heavy atom. The molecule has 1 aromatic heterocycles. The maximum Gasteiger partial charge on any atom is 0.186 e. The summed E-state index contributed by atoms with van der Waals surface area (Å²) in [5.74, 6) is 0. The molecular formula is C16H26N2OS. The Morgan fingerprint density at radius 3 is 2.35 bits per heavy atom. The highest BCUT2D eigenvalue weighted by atomic mass is 32.1. The zero-order chi connectivity index (χ0) is 15.0. The summed E-state index contributed by atoms with van der Waals surface area (Å²) in [6.45, 7) is 13.1. The van der Waals surface area contributed by atoms with Crippen LogP contribution in [0.1, 0.15) is 69.2 Å². The second kappa shape index (κ2) is 5.47. The van der Waals surface area contributed by atoms with Gasteiger partial charge in [0.05, 0.1) is 10.6 Å². The molecule has 4 heteroatoms. The molecule has 0 amide bonds. The average molecular weight is 294 g/mol. The lowest BCUT2D eigenvalue weighted by Gasteiger charge is -2.38. The van der Waals surface area contributed by atoms with Crippen molar-refractivity contribution in [3.63, 3.8) is 0 Å². The van der Waals surface area contributed by atoms with Crippen molar-refractivity contribution in [3.05, 3.63) is 10.6 Å². The van der Waals surface area contributed by atoms with Crippen molar-refractivity contribution in [2.24, 2.45) is 5.41 Å². The van der Waals surface area contributed by atoms with Crippen LogP contribution in [0.4, 0.5) is 5.13 Å². The van der Waals surface area contributed by atoms with E-state index in [0.717, 1.165) is 35.1 Å². The first-order chi connectivity index (χ1) is 9.29. The van der Waals surface area contributed by atoms with Gasteiger partial charge in [-0.15, -0.1) is 0 Å². The molecule has 1 aliphatic rings. The minimum Gasteiger partial charge on any atom is -0.348 e. The van der Waals surface area contributed by atoms with E-state index < -0.39 is 0 Å². The summed E-state index contributed by atoms with van der Waals surface area (Å²) in [4.78, 5) is 19.2. The summed E-state index contributed by atoms with van der Waals surface area (Å²) < 4.78 is 0. The molecule has 112 valence electrons. The third-order valence-electron chi connectivity index (χ3n) is 4.55. The molecule has 1 fully saturated rings. The molecule has 2 rings (SSSR count). The molecule has 20 heavy (non-hydrogen) atoms. The van der Waals surface area contributed by atoms with Crippen LogP contribution in [-0.2, 0) is 5.41 Å². The van der Waals surface area contributed by atoms with E-state index in [1.807, 2.05) is 0 Å². The molecule has 0 aliphatic carbocycles. The van der Waals surface area contributed by atoms with Crippen molar-refractivity contribution in [2.75, 3.05) is 18.0 Å². The first kappa shape index (κ1) is 15.5. The lowest BCUT2D eigenvalue weighted by molar-refractivity contribution is 0.112. The first-order valence-electron chi connectivity index (χ1n) is 7.50. The standard InChI is InChI=1S/C16H26N2OS/c1-6-16(5)7-9-18(10-8-16)14-17-13(15(2,3)4)12(11-19)20-14/h11H,6-10H2,1-5H3. The lowest BCUT2D eigenvalue weighted by atomic mass is 9.78. The zero-order valence-electron chi connectivity index (χ0n) is 13.3. The fraction of sp³-hybridized carbons (Fsp3) is 0.750. The van der Waals surface area contributed by atoms with Gasteiger partial charge in [0, 0.05) is 18.5 Å². The Labute approximate surface area is 126 Å². The predicted molar refractivity (Wildman–Crippen MR) is 86.0 cm³/mol. The van der Waals surface area contributed by atoms with E-state index >= 15 is 0 Å². The van der Waals surface area contributed by atoms with Crippen molar-refractivity contribution < 1.29 is 4.79 Å². The van der Waals surface area contributed by atoms with Crippen LogP contribution >= 0.6 is 11.3 Å². The molecule has 0 spiro atoms. The minimum atomic E-state index is -0.0707. The Bertz CT molecular complexity index is 479. The van der Waals surface area contributed by atoms with Crippen LogP contribution in [-0.4, -0.2) is 24.4 Å². The van der Waals surface area contributed by atoms with Crippen molar-refractivity contribution in [1.29, 1.82) is 0 Å². The van der Waals surface area contributed by atoms with Gasteiger partial charge in [-0.2, -0.15) is 0 Å². The molecule has 0 bridgehead atoms. The molecule has 0 atom stereocenters. The predicted octanol–water partition coefficient (Wildman–Crippen LogP) is 4.27. The van der Waals surface area contributed by atoms with Crippen LogP contribution in [0.3, 0.4) is 0 Å². The second-order valence-electron chi connectivity index (χ2n) is 7.23. The number of aromatic nitrogens is 1. The lowest BCUT2D eigenvalue weighted by Crippen LogP contribution is -2.38. The smallest absolute Gasteiger partial charge is 0.186 e. The molecule has 0 unspecified atom stereocenters. The quantitative estimate of drug-likeness (QED) is 0.781. The summed E-state index contributed by atoms with van der Waals surface area (Å²) in [6, 6.07) is 0. The van der Waals surface area contributed by atoms with Gasteiger partial charge in [0.25, 0.3) is 0 Å². The topological polar surface area (TPSA) is 33.2 Å². The van der Waals surface area contributed by atoms with E-state index in [0.29, 0.717) is 5.41 Å². The van der Waals surface area contributed by atoms with Crippen molar-refractivity contribution in [1.82, 2.24) is 4.98 Å². The third kappa shape index (κ3) is 3.05. The van der Waals surface area contributed by atoms with Gasteiger partial charge in [0.2, 0.25) is 0 Å². The molecule has 0 radical (unpaired) electrons. The normalized spacial score (nSPS) is 19.1. The largest absolute Gasteiger partial charge is 0.348 e. The fourth-order valence-electron chi connectivity index (χ4n) is 2.66. The Kier molecular flexibility index (Phi) is 4.24. The van der Waals surface area contributed by atoms with Crippen LogP contribution in [0.2, 0.25) is 0 Å². The number of anilines is 1. The molecule has 0 N–H and O–H groups in total.